The summed E-state index contributed by atoms with van der Waals surface area (Å²) in [6.07, 6.45) is -0.0564. The summed E-state index contributed by atoms with van der Waals surface area (Å²) in [5, 5.41) is 7.97. The molecule has 12 heteroatoms. The Hall–Kier alpha value is -2.14. The second kappa shape index (κ2) is 9.25. The number of halogens is 5. The van der Waals surface area contributed by atoms with Gasteiger partial charge in [0.2, 0.25) is 5.95 Å². The van der Waals surface area contributed by atoms with E-state index in [1.165, 1.54) is 6.20 Å². The summed E-state index contributed by atoms with van der Waals surface area (Å²) in [5.74, 6) is -0.113. The SMILES string of the molecule is FC(F)Cn1ncc(Nc2ncc3cc(Cl)c([C@@H]4CCN(C5COC5)C[C@H]4F)cc3n2)c1Cl. The van der Waals surface area contributed by atoms with Crippen LogP contribution >= 0.6 is 23.2 Å². The van der Waals surface area contributed by atoms with E-state index in [1.54, 1.807) is 18.3 Å². The first-order valence-electron chi connectivity index (χ1n) is 10.6. The lowest BCUT2D eigenvalue weighted by molar-refractivity contribution is -0.0806. The van der Waals surface area contributed by atoms with E-state index in [0.717, 1.165) is 11.2 Å². The van der Waals surface area contributed by atoms with Gasteiger partial charge in [-0.05, 0) is 30.7 Å². The molecule has 2 saturated heterocycles. The van der Waals surface area contributed by atoms with Gasteiger partial charge in [0.1, 0.15) is 12.7 Å². The molecule has 0 bridgehead atoms. The number of ether oxygens (including phenoxy) is 1. The highest BCUT2D eigenvalue weighted by Gasteiger charge is 2.36. The van der Waals surface area contributed by atoms with Gasteiger partial charge >= 0.3 is 0 Å². The zero-order chi connectivity index (χ0) is 23.1. The van der Waals surface area contributed by atoms with Crippen molar-refractivity contribution >= 4 is 45.7 Å². The van der Waals surface area contributed by atoms with E-state index < -0.39 is 19.1 Å². The van der Waals surface area contributed by atoms with Crippen LogP contribution in [0.5, 0.6) is 0 Å². The van der Waals surface area contributed by atoms with Crippen LogP contribution in [0.4, 0.5) is 24.8 Å². The Morgan fingerprint density at radius 3 is 2.73 bits per heavy atom. The molecule has 2 aliphatic heterocycles. The third-order valence-corrected chi connectivity index (χ3v) is 6.87. The van der Waals surface area contributed by atoms with E-state index in [4.69, 9.17) is 27.9 Å². The lowest BCUT2D eigenvalue weighted by atomic mass is 9.86. The summed E-state index contributed by atoms with van der Waals surface area (Å²) in [7, 11) is 0. The lowest BCUT2D eigenvalue weighted by Gasteiger charge is -2.43. The summed E-state index contributed by atoms with van der Waals surface area (Å²) < 4.78 is 46.6. The van der Waals surface area contributed by atoms with Gasteiger partial charge in [-0.3, -0.25) is 4.90 Å². The van der Waals surface area contributed by atoms with Gasteiger partial charge in [0.15, 0.2) is 5.15 Å². The first-order chi connectivity index (χ1) is 15.9. The quantitative estimate of drug-likeness (QED) is 0.530. The third kappa shape index (κ3) is 4.62. The fourth-order valence-electron chi connectivity index (χ4n) is 4.29. The Labute approximate surface area is 197 Å². The molecule has 5 rings (SSSR count). The van der Waals surface area contributed by atoms with Crippen molar-refractivity contribution in [2.45, 2.75) is 37.5 Å². The molecule has 4 heterocycles. The second-order valence-corrected chi connectivity index (χ2v) is 9.04. The standard InChI is InChI=1S/C21H21Cl2F3N6O/c22-15-3-11-5-27-21(30-18-6-28-32(20(18)23)8-19(25)26)29-17(11)4-14(15)13-1-2-31(7-16(13)24)12-9-33-10-12/h3-6,12-13,16,19H,1-2,7-10H2,(H,27,29,30)/t13-,16+/m0/s1. The molecule has 3 aromatic rings. The molecule has 0 saturated carbocycles. The van der Waals surface area contributed by atoms with Gasteiger partial charge in [0.05, 0.1) is 36.7 Å². The molecule has 2 aliphatic rings. The highest BCUT2D eigenvalue weighted by atomic mass is 35.5. The number of likely N-dealkylation sites (tertiary alicyclic amines) is 1. The van der Waals surface area contributed by atoms with E-state index in [-0.39, 0.29) is 17.0 Å². The van der Waals surface area contributed by atoms with Crippen molar-refractivity contribution < 1.29 is 17.9 Å². The lowest BCUT2D eigenvalue weighted by Crippen LogP contribution is -2.54. The van der Waals surface area contributed by atoms with Crippen LogP contribution in [0.25, 0.3) is 10.9 Å². The second-order valence-electron chi connectivity index (χ2n) is 8.27. The molecule has 0 amide bonds. The van der Waals surface area contributed by atoms with E-state index in [1.807, 2.05) is 0 Å². The average Bonchev–Trinajstić information content (AvgIpc) is 3.06. The van der Waals surface area contributed by atoms with Gasteiger partial charge in [-0.25, -0.2) is 27.8 Å². The summed E-state index contributed by atoms with van der Waals surface area (Å²) in [6, 6.07) is 3.84. The Kier molecular flexibility index (Phi) is 6.34. The van der Waals surface area contributed by atoms with E-state index in [9.17, 15) is 8.78 Å². The van der Waals surface area contributed by atoms with Crippen molar-refractivity contribution in [3.05, 3.63) is 40.3 Å². The molecular formula is C21H21Cl2F3N6O. The largest absolute Gasteiger partial charge is 0.378 e. The van der Waals surface area contributed by atoms with E-state index in [0.29, 0.717) is 59.4 Å². The zero-order valence-electron chi connectivity index (χ0n) is 17.4. The molecule has 1 aromatic carbocycles. The van der Waals surface area contributed by atoms with Crippen LogP contribution in [0.2, 0.25) is 10.2 Å². The van der Waals surface area contributed by atoms with Gasteiger partial charge in [-0.2, -0.15) is 5.10 Å². The van der Waals surface area contributed by atoms with E-state index in [2.05, 4.69) is 25.3 Å². The van der Waals surface area contributed by atoms with Crippen molar-refractivity contribution in [3.8, 4) is 0 Å². The van der Waals surface area contributed by atoms with Crippen molar-refractivity contribution in [1.29, 1.82) is 0 Å². The summed E-state index contributed by atoms with van der Waals surface area (Å²) in [5.41, 5.74) is 1.61. The van der Waals surface area contributed by atoms with Gasteiger partial charge in [0, 0.05) is 29.1 Å². The van der Waals surface area contributed by atoms with Gasteiger partial charge in [0.25, 0.3) is 6.43 Å². The Balaban J connectivity index is 1.37. The van der Waals surface area contributed by atoms with Crippen LogP contribution in [-0.2, 0) is 11.3 Å². The highest BCUT2D eigenvalue weighted by Crippen LogP contribution is 2.37. The number of alkyl halides is 3. The number of anilines is 2. The minimum atomic E-state index is -2.58. The van der Waals surface area contributed by atoms with Crippen molar-refractivity contribution in [2.24, 2.45) is 0 Å². The van der Waals surface area contributed by atoms with Crippen LogP contribution in [0.15, 0.2) is 24.5 Å². The number of hydrogen-bond donors (Lipinski definition) is 1. The molecule has 176 valence electrons. The third-order valence-electron chi connectivity index (χ3n) is 6.14. The molecule has 0 spiro atoms. The van der Waals surface area contributed by atoms with Crippen LogP contribution in [0.3, 0.4) is 0 Å². The van der Waals surface area contributed by atoms with Gasteiger partial charge in [-0.1, -0.05) is 23.2 Å². The van der Waals surface area contributed by atoms with Crippen LogP contribution in [0, 0.1) is 0 Å². The minimum absolute atomic E-state index is 0.0275. The summed E-state index contributed by atoms with van der Waals surface area (Å²) >= 11 is 12.6. The molecule has 2 atom stereocenters. The van der Waals surface area contributed by atoms with Gasteiger partial charge in [-0.15, -0.1) is 0 Å². The number of nitrogens with one attached hydrogen (secondary N) is 1. The maximum absolute atomic E-state index is 15.1. The minimum Gasteiger partial charge on any atom is -0.378 e. The molecular weight excluding hydrogens is 480 g/mol. The molecule has 33 heavy (non-hydrogen) atoms. The summed E-state index contributed by atoms with van der Waals surface area (Å²) in [4.78, 5) is 10.9. The number of aromatic nitrogens is 4. The molecule has 2 fully saturated rings. The first kappa shape index (κ1) is 22.6. The number of fused-ring (bicyclic) bond motifs is 1. The Bertz CT molecular complexity index is 1160. The van der Waals surface area contributed by atoms with Crippen LogP contribution in [-0.4, -0.2) is 69.6 Å². The molecule has 0 unspecified atom stereocenters. The smallest absolute Gasteiger partial charge is 0.257 e. The maximum atomic E-state index is 15.1. The number of nitrogens with zero attached hydrogens (tertiary/aromatic N) is 5. The van der Waals surface area contributed by atoms with Crippen molar-refractivity contribution in [3.63, 3.8) is 0 Å². The predicted molar refractivity (Wildman–Crippen MR) is 120 cm³/mol. The number of piperidine rings is 1. The molecule has 0 aliphatic carbocycles. The topological polar surface area (TPSA) is 68.1 Å². The highest BCUT2D eigenvalue weighted by molar-refractivity contribution is 6.32. The zero-order valence-corrected chi connectivity index (χ0v) is 18.9. The van der Waals surface area contributed by atoms with Crippen molar-refractivity contribution in [1.82, 2.24) is 24.6 Å². The van der Waals surface area contributed by atoms with Crippen LogP contribution in [0.1, 0.15) is 17.9 Å². The normalized spacial score (nSPS) is 22.1. The van der Waals surface area contributed by atoms with Gasteiger partial charge < -0.3 is 10.1 Å². The molecule has 0 radical (unpaired) electrons. The monoisotopic (exact) mass is 500 g/mol. The fraction of sp³-hybridized carbons (Fsp3) is 0.476. The number of rotatable bonds is 6. The molecule has 1 N–H and O–H groups in total. The average molecular weight is 501 g/mol. The number of benzene rings is 1. The Morgan fingerprint density at radius 1 is 1.21 bits per heavy atom. The summed E-state index contributed by atoms with van der Waals surface area (Å²) in [6.45, 7) is 1.84. The maximum Gasteiger partial charge on any atom is 0.257 e. The number of hydrogen-bond acceptors (Lipinski definition) is 6. The molecule has 2 aromatic heterocycles. The van der Waals surface area contributed by atoms with Crippen LogP contribution < -0.4 is 5.32 Å². The molecule has 7 nitrogen and oxygen atoms in total. The fourth-order valence-corrected chi connectivity index (χ4v) is 4.81. The Morgan fingerprint density at radius 2 is 2.03 bits per heavy atom. The van der Waals surface area contributed by atoms with Crippen molar-refractivity contribution in [2.75, 3.05) is 31.6 Å². The van der Waals surface area contributed by atoms with E-state index >= 15 is 4.39 Å². The first-order valence-corrected chi connectivity index (χ1v) is 11.3. The predicted octanol–water partition coefficient (Wildman–Crippen LogP) is 4.67.